The minimum Gasteiger partial charge on any atom is -0.394 e. The van der Waals surface area contributed by atoms with E-state index in [0.29, 0.717) is 32.4 Å². The third kappa shape index (κ3) is 5.91. The summed E-state index contributed by atoms with van der Waals surface area (Å²) in [5.74, 6) is -2.54. The van der Waals surface area contributed by atoms with Crippen LogP contribution in [0.2, 0.25) is 0 Å². The molecule has 8 nitrogen and oxygen atoms in total. The van der Waals surface area contributed by atoms with E-state index in [0.717, 1.165) is 27.9 Å². The first-order valence-corrected chi connectivity index (χ1v) is 17.2. The predicted octanol–water partition coefficient (Wildman–Crippen LogP) is 5.41. The van der Waals surface area contributed by atoms with E-state index < -0.39 is 35.1 Å². The molecule has 8 heteroatoms. The highest BCUT2D eigenvalue weighted by Gasteiger charge is 2.79. The van der Waals surface area contributed by atoms with Crippen LogP contribution in [0.3, 0.4) is 0 Å². The van der Waals surface area contributed by atoms with Crippen molar-refractivity contribution < 1.29 is 24.2 Å². The minimum absolute atomic E-state index is 0.194. The van der Waals surface area contributed by atoms with Crippen molar-refractivity contribution in [2.45, 2.75) is 69.9 Å². The fraction of sp³-hybridized carbons (Fsp3) is 0.390. The van der Waals surface area contributed by atoms with Crippen molar-refractivity contribution in [1.82, 2.24) is 9.80 Å². The molecule has 0 saturated carbocycles. The molecular formula is C41H47N3O5. The first-order chi connectivity index (χ1) is 23.6. The molecule has 0 radical (unpaired) electrons. The number of anilines is 1. The van der Waals surface area contributed by atoms with Crippen molar-refractivity contribution in [3.05, 3.63) is 126 Å². The molecule has 49 heavy (non-hydrogen) atoms. The van der Waals surface area contributed by atoms with Gasteiger partial charge in [-0.3, -0.25) is 14.4 Å². The molecule has 3 aromatic carbocycles. The van der Waals surface area contributed by atoms with Crippen LogP contribution >= 0.6 is 0 Å². The number of amides is 3. The Morgan fingerprint density at radius 3 is 2.12 bits per heavy atom. The van der Waals surface area contributed by atoms with Crippen LogP contribution in [0.5, 0.6) is 0 Å². The number of benzene rings is 3. The summed E-state index contributed by atoms with van der Waals surface area (Å²) >= 11 is 0. The second-order valence-electron chi connectivity index (χ2n) is 14.0. The zero-order chi connectivity index (χ0) is 34.9. The average Bonchev–Trinajstić information content (AvgIpc) is 3.67. The third-order valence-electron chi connectivity index (χ3n) is 10.8. The summed E-state index contributed by atoms with van der Waals surface area (Å²) in [4.78, 5) is 50.1. The number of ether oxygens (including phenoxy) is 1. The average molecular weight is 662 g/mol. The highest BCUT2D eigenvalue weighted by atomic mass is 16.5. The van der Waals surface area contributed by atoms with Gasteiger partial charge in [0.15, 0.2) is 0 Å². The standard InChI is InChI=1S/C41H47N3O5/c1-6-23-42(26-31-19-12-9-13-20-31)37(46)33-34-38(47)44(32(27-45)25-30-17-10-8-11-18-30)36(41(34)22-21-40(33,5)49-41)39(48)43(24-7-2)35-28(3)15-14-16-29(35)4/h6-20,32-34,36,45H,1-2,21-27H2,3-5H3/t32-,33-,34+,36?,40+,41?/m1/s1. The maximum Gasteiger partial charge on any atom is 0.253 e. The topological polar surface area (TPSA) is 90.4 Å². The van der Waals surface area contributed by atoms with Crippen LogP contribution in [0.15, 0.2) is 104 Å². The molecule has 1 N–H and O–H groups in total. The zero-order valence-corrected chi connectivity index (χ0v) is 28.8. The molecular weight excluding hydrogens is 614 g/mol. The Morgan fingerprint density at radius 1 is 0.918 bits per heavy atom. The number of aliphatic hydroxyl groups is 1. The van der Waals surface area contributed by atoms with E-state index in [4.69, 9.17) is 4.74 Å². The summed E-state index contributed by atoms with van der Waals surface area (Å²) in [7, 11) is 0. The van der Waals surface area contributed by atoms with Crippen LogP contribution < -0.4 is 4.90 Å². The lowest BCUT2D eigenvalue weighted by atomic mass is 9.66. The molecule has 3 aromatic rings. The highest BCUT2D eigenvalue weighted by molar-refractivity contribution is 6.06. The van der Waals surface area contributed by atoms with Crippen LogP contribution in [0.4, 0.5) is 5.69 Å². The maximum absolute atomic E-state index is 15.3. The van der Waals surface area contributed by atoms with Crippen molar-refractivity contribution in [1.29, 1.82) is 0 Å². The van der Waals surface area contributed by atoms with Crippen molar-refractivity contribution in [2.75, 3.05) is 24.6 Å². The second kappa shape index (κ2) is 13.8. The molecule has 3 aliphatic heterocycles. The maximum atomic E-state index is 15.3. The number of nitrogens with zero attached hydrogens (tertiary/aromatic N) is 3. The number of para-hydroxylation sites is 1. The Morgan fingerprint density at radius 2 is 1.53 bits per heavy atom. The molecule has 3 amide bonds. The first kappa shape index (κ1) is 34.3. The van der Waals surface area contributed by atoms with E-state index in [-0.39, 0.29) is 30.9 Å². The smallest absolute Gasteiger partial charge is 0.253 e. The van der Waals surface area contributed by atoms with Crippen molar-refractivity contribution in [3.63, 3.8) is 0 Å². The lowest BCUT2D eigenvalue weighted by molar-refractivity contribution is -0.152. The summed E-state index contributed by atoms with van der Waals surface area (Å²) < 4.78 is 7.00. The molecule has 3 saturated heterocycles. The van der Waals surface area contributed by atoms with Crippen LogP contribution in [-0.2, 0) is 32.1 Å². The molecule has 1 spiro atoms. The first-order valence-electron chi connectivity index (χ1n) is 17.2. The van der Waals surface area contributed by atoms with Gasteiger partial charge in [0, 0.05) is 25.3 Å². The van der Waals surface area contributed by atoms with Crippen LogP contribution in [0.1, 0.15) is 42.0 Å². The van der Waals surface area contributed by atoms with E-state index in [9.17, 15) is 9.90 Å². The van der Waals surface area contributed by atoms with Crippen LogP contribution in [0, 0.1) is 25.7 Å². The molecule has 0 aliphatic carbocycles. The van der Waals surface area contributed by atoms with E-state index in [1.165, 1.54) is 0 Å². The summed E-state index contributed by atoms with van der Waals surface area (Å²) in [6.07, 6.45) is 4.68. The Kier molecular flexibility index (Phi) is 9.65. The molecule has 2 unspecified atom stereocenters. The highest BCUT2D eigenvalue weighted by Crippen LogP contribution is 2.64. The Bertz CT molecular complexity index is 1710. The Hall–Kier alpha value is -4.53. The number of carbonyl (C=O) groups is 3. The van der Waals surface area contributed by atoms with Crippen molar-refractivity contribution in [2.24, 2.45) is 11.8 Å². The molecule has 2 bridgehead atoms. The third-order valence-corrected chi connectivity index (χ3v) is 10.8. The molecule has 3 heterocycles. The Labute approximate surface area is 289 Å². The quantitative estimate of drug-likeness (QED) is 0.248. The largest absolute Gasteiger partial charge is 0.394 e. The van der Waals surface area contributed by atoms with Gasteiger partial charge in [0.05, 0.1) is 30.1 Å². The lowest BCUT2D eigenvalue weighted by Crippen LogP contribution is -2.59. The van der Waals surface area contributed by atoms with Gasteiger partial charge in [-0.25, -0.2) is 0 Å². The summed E-state index contributed by atoms with van der Waals surface area (Å²) in [6, 6.07) is 23.5. The Balaban J connectivity index is 1.47. The number of aliphatic hydroxyl groups excluding tert-OH is 1. The van der Waals surface area contributed by atoms with Gasteiger partial charge in [-0.05, 0) is 62.3 Å². The van der Waals surface area contributed by atoms with Gasteiger partial charge in [-0.15, -0.1) is 13.2 Å². The summed E-state index contributed by atoms with van der Waals surface area (Å²) in [6.45, 7) is 14.2. The molecule has 0 aromatic heterocycles. The fourth-order valence-corrected chi connectivity index (χ4v) is 8.74. The number of carbonyl (C=O) groups excluding carboxylic acids is 3. The number of aryl methyl sites for hydroxylation is 2. The number of likely N-dealkylation sites (tertiary alicyclic amines) is 1. The van der Waals surface area contributed by atoms with E-state index >= 15 is 9.59 Å². The summed E-state index contributed by atoms with van der Waals surface area (Å²) in [5.41, 5.74) is 2.28. The van der Waals surface area contributed by atoms with Crippen LogP contribution in [-0.4, -0.2) is 75.6 Å². The van der Waals surface area contributed by atoms with Gasteiger partial charge in [0.2, 0.25) is 11.8 Å². The van der Waals surface area contributed by atoms with Gasteiger partial charge in [-0.1, -0.05) is 91.0 Å². The lowest BCUT2D eigenvalue weighted by Gasteiger charge is -2.40. The normalized spacial score (nSPS) is 25.9. The molecule has 256 valence electrons. The fourth-order valence-electron chi connectivity index (χ4n) is 8.74. The predicted molar refractivity (Wildman–Crippen MR) is 191 cm³/mol. The monoisotopic (exact) mass is 661 g/mol. The van der Waals surface area contributed by atoms with E-state index in [2.05, 4.69) is 13.2 Å². The van der Waals surface area contributed by atoms with E-state index in [1.807, 2.05) is 99.6 Å². The van der Waals surface area contributed by atoms with Gasteiger partial charge in [0.1, 0.15) is 11.6 Å². The molecule has 3 aliphatic rings. The molecule has 6 rings (SSSR count). The van der Waals surface area contributed by atoms with E-state index in [1.54, 1.807) is 26.9 Å². The van der Waals surface area contributed by atoms with Gasteiger partial charge >= 0.3 is 0 Å². The van der Waals surface area contributed by atoms with Crippen LogP contribution in [0.25, 0.3) is 0 Å². The van der Waals surface area contributed by atoms with Gasteiger partial charge < -0.3 is 24.5 Å². The zero-order valence-electron chi connectivity index (χ0n) is 28.8. The SMILES string of the molecule is C=CCN(Cc1ccccc1)C(=O)[C@H]1[C@H]2C(=O)N([C@@H](CO)Cc3ccccc3)C(C(=O)N(CC=C)c3c(C)cccc3C)C23CC[C@]1(C)O3. The molecule has 3 fully saturated rings. The minimum atomic E-state index is -1.25. The van der Waals surface area contributed by atoms with Crippen molar-refractivity contribution >= 4 is 23.4 Å². The van der Waals surface area contributed by atoms with Gasteiger partial charge in [-0.2, -0.15) is 0 Å². The second-order valence-corrected chi connectivity index (χ2v) is 14.0. The van der Waals surface area contributed by atoms with Gasteiger partial charge in [0.25, 0.3) is 5.91 Å². The number of rotatable bonds is 13. The number of hydrogen-bond acceptors (Lipinski definition) is 5. The number of hydrogen-bond donors (Lipinski definition) is 1. The summed E-state index contributed by atoms with van der Waals surface area (Å²) in [5, 5.41) is 10.9. The van der Waals surface area contributed by atoms with Crippen molar-refractivity contribution in [3.8, 4) is 0 Å². The number of fused-ring (bicyclic) bond motifs is 1. The molecule has 6 atom stereocenters.